The molecule has 0 aliphatic carbocycles. The lowest BCUT2D eigenvalue weighted by molar-refractivity contribution is -0.210. The van der Waals surface area contributed by atoms with Gasteiger partial charge in [0.25, 0.3) is 0 Å². The van der Waals surface area contributed by atoms with Gasteiger partial charge in [0.15, 0.2) is 0 Å². The zero-order valence-corrected chi connectivity index (χ0v) is 15.4. The van der Waals surface area contributed by atoms with Crippen molar-refractivity contribution in [2.75, 3.05) is 0 Å². The summed E-state index contributed by atoms with van der Waals surface area (Å²) in [5, 5.41) is 21.4. The predicted octanol–water partition coefficient (Wildman–Crippen LogP) is 4.14. The number of hydrogen-bond donors (Lipinski definition) is 2. The molecule has 23 heavy (non-hydrogen) atoms. The summed E-state index contributed by atoms with van der Waals surface area (Å²) < 4.78 is 6.49. The molecular formula is C20H34O3. The molecule has 0 aromatic heterocycles. The minimum atomic E-state index is -0.823. The summed E-state index contributed by atoms with van der Waals surface area (Å²) in [7, 11) is 0. The third-order valence-corrected chi connectivity index (χ3v) is 5.72. The number of fused-ring (bicyclic) bond motifs is 2. The largest absolute Gasteiger partial charge is 0.387 e. The Morgan fingerprint density at radius 3 is 2.48 bits per heavy atom. The molecule has 4 atom stereocenters. The molecule has 2 aliphatic rings. The Bertz CT molecular complexity index is 473. The maximum absolute atomic E-state index is 10.8. The van der Waals surface area contributed by atoms with Crippen LogP contribution >= 0.6 is 0 Å². The van der Waals surface area contributed by atoms with Gasteiger partial charge in [0.1, 0.15) is 0 Å². The van der Waals surface area contributed by atoms with E-state index in [2.05, 4.69) is 32.9 Å². The fourth-order valence-corrected chi connectivity index (χ4v) is 3.65. The first kappa shape index (κ1) is 18.7. The van der Waals surface area contributed by atoms with Crippen LogP contribution in [0.25, 0.3) is 0 Å². The molecule has 1 fully saturated rings. The van der Waals surface area contributed by atoms with Crippen LogP contribution in [0.3, 0.4) is 0 Å². The van der Waals surface area contributed by atoms with Crippen LogP contribution in [0.1, 0.15) is 73.1 Å². The Hall–Kier alpha value is -0.640. The van der Waals surface area contributed by atoms with Crippen LogP contribution in [0.5, 0.6) is 0 Å². The maximum atomic E-state index is 10.8. The van der Waals surface area contributed by atoms with Gasteiger partial charge in [-0.1, -0.05) is 37.6 Å². The molecule has 2 rings (SSSR count). The predicted molar refractivity (Wildman–Crippen MR) is 94.3 cm³/mol. The molecule has 0 spiro atoms. The molecule has 2 heterocycles. The van der Waals surface area contributed by atoms with Gasteiger partial charge in [-0.05, 0) is 65.2 Å². The van der Waals surface area contributed by atoms with Crippen LogP contribution in [0.15, 0.2) is 23.8 Å². The summed E-state index contributed by atoms with van der Waals surface area (Å²) in [4.78, 5) is 0. The number of ether oxygens (including phenoxy) is 1. The van der Waals surface area contributed by atoms with E-state index in [1.807, 2.05) is 19.9 Å². The summed E-state index contributed by atoms with van der Waals surface area (Å²) in [5.41, 5.74) is -0.686. The lowest BCUT2D eigenvalue weighted by Crippen LogP contribution is -2.55. The van der Waals surface area contributed by atoms with E-state index < -0.39 is 16.8 Å². The molecule has 0 saturated carbocycles. The first-order valence-corrected chi connectivity index (χ1v) is 9.05. The summed E-state index contributed by atoms with van der Waals surface area (Å²) in [5.74, 6) is 0.299. The normalized spacial score (nSPS) is 46.4. The zero-order valence-electron chi connectivity index (χ0n) is 15.4. The molecule has 132 valence electrons. The van der Waals surface area contributed by atoms with Gasteiger partial charge in [0, 0.05) is 0 Å². The van der Waals surface area contributed by atoms with Gasteiger partial charge in [-0.2, -0.15) is 0 Å². The molecule has 2 aliphatic heterocycles. The Kier molecular flexibility index (Phi) is 5.44. The van der Waals surface area contributed by atoms with Gasteiger partial charge < -0.3 is 14.9 Å². The smallest absolute Gasteiger partial charge is 0.0892 e. The Morgan fingerprint density at radius 2 is 1.83 bits per heavy atom. The van der Waals surface area contributed by atoms with Crippen molar-refractivity contribution in [3.8, 4) is 0 Å². The maximum Gasteiger partial charge on any atom is 0.0892 e. The second kappa shape index (κ2) is 6.70. The van der Waals surface area contributed by atoms with E-state index in [0.29, 0.717) is 5.92 Å². The van der Waals surface area contributed by atoms with Crippen LogP contribution in [0, 0.1) is 5.92 Å². The van der Waals surface area contributed by atoms with Gasteiger partial charge in [-0.25, -0.2) is 0 Å². The molecule has 0 aromatic rings. The molecule has 2 N–H and O–H groups in total. The standard InChI is InChI=1S/C20H34O3/c1-15(2)20-13-11-18(4,21)10-6-7-16(3)8-9-17(23-20)19(5,22)12-14-20/h7,11,13,15,17,21-22H,6,8-10,12,14H2,1-5H3/b13-11+,16-7+/t17-,18-,19-,20+/m0/s1. The lowest BCUT2D eigenvalue weighted by Gasteiger charge is -2.49. The fourth-order valence-electron chi connectivity index (χ4n) is 3.65. The van der Waals surface area contributed by atoms with Gasteiger partial charge in [-0.3, -0.25) is 0 Å². The highest BCUT2D eigenvalue weighted by atomic mass is 16.5. The highest BCUT2D eigenvalue weighted by Gasteiger charge is 2.47. The third-order valence-electron chi connectivity index (χ3n) is 5.72. The number of aliphatic hydroxyl groups is 2. The van der Waals surface area contributed by atoms with Crippen LogP contribution in [-0.2, 0) is 4.74 Å². The Morgan fingerprint density at radius 1 is 1.13 bits per heavy atom. The van der Waals surface area contributed by atoms with Crippen molar-refractivity contribution in [2.24, 2.45) is 5.92 Å². The minimum absolute atomic E-state index is 0.170. The van der Waals surface area contributed by atoms with Crippen LogP contribution in [-0.4, -0.2) is 33.1 Å². The average Bonchev–Trinajstić information content (AvgIpc) is 2.43. The highest BCUT2D eigenvalue weighted by Crippen LogP contribution is 2.42. The second-order valence-electron chi connectivity index (χ2n) is 8.39. The molecular weight excluding hydrogens is 288 g/mol. The van der Waals surface area contributed by atoms with Crippen LogP contribution in [0.2, 0.25) is 0 Å². The van der Waals surface area contributed by atoms with Crippen molar-refractivity contribution in [1.82, 2.24) is 0 Å². The van der Waals surface area contributed by atoms with Gasteiger partial charge in [0.2, 0.25) is 0 Å². The summed E-state index contributed by atoms with van der Waals surface area (Å²) in [6.07, 6.45) is 10.9. The summed E-state index contributed by atoms with van der Waals surface area (Å²) in [6.45, 7) is 10.2. The lowest BCUT2D eigenvalue weighted by atomic mass is 9.75. The minimum Gasteiger partial charge on any atom is -0.387 e. The molecule has 0 unspecified atom stereocenters. The Balaban J connectivity index is 2.37. The molecule has 2 bridgehead atoms. The van der Waals surface area contributed by atoms with E-state index in [1.54, 1.807) is 0 Å². The number of hydrogen-bond acceptors (Lipinski definition) is 3. The van der Waals surface area contributed by atoms with Crippen molar-refractivity contribution in [1.29, 1.82) is 0 Å². The van der Waals surface area contributed by atoms with Crippen molar-refractivity contribution < 1.29 is 14.9 Å². The molecule has 0 amide bonds. The SMILES string of the molecule is C/C1=C\CC[C@](C)(O)/C=C/[C@]2(C(C)C)CC[C@](C)(O)[C@H](CC1)O2. The van der Waals surface area contributed by atoms with Gasteiger partial charge in [-0.15, -0.1) is 0 Å². The van der Waals surface area contributed by atoms with E-state index in [1.165, 1.54) is 5.57 Å². The Labute approximate surface area is 141 Å². The first-order chi connectivity index (χ1) is 10.6. The van der Waals surface area contributed by atoms with E-state index in [9.17, 15) is 10.2 Å². The molecule has 1 saturated heterocycles. The topological polar surface area (TPSA) is 49.7 Å². The van der Waals surface area contributed by atoms with Crippen molar-refractivity contribution in [3.05, 3.63) is 23.8 Å². The van der Waals surface area contributed by atoms with E-state index >= 15 is 0 Å². The van der Waals surface area contributed by atoms with Crippen molar-refractivity contribution >= 4 is 0 Å². The monoisotopic (exact) mass is 322 g/mol. The first-order valence-electron chi connectivity index (χ1n) is 9.05. The highest BCUT2D eigenvalue weighted by molar-refractivity contribution is 5.14. The van der Waals surface area contributed by atoms with Crippen molar-refractivity contribution in [3.63, 3.8) is 0 Å². The van der Waals surface area contributed by atoms with Crippen LogP contribution in [0.4, 0.5) is 0 Å². The molecule has 0 radical (unpaired) electrons. The summed E-state index contributed by atoms with van der Waals surface area (Å²) >= 11 is 0. The molecule has 0 aromatic carbocycles. The van der Waals surface area contributed by atoms with Gasteiger partial charge >= 0.3 is 0 Å². The number of rotatable bonds is 1. The van der Waals surface area contributed by atoms with E-state index in [-0.39, 0.29) is 6.10 Å². The van der Waals surface area contributed by atoms with Crippen molar-refractivity contribution in [2.45, 2.75) is 96.1 Å². The quantitative estimate of drug-likeness (QED) is 0.713. The zero-order chi connectivity index (χ0) is 17.3. The van der Waals surface area contributed by atoms with E-state index in [4.69, 9.17) is 4.74 Å². The number of allylic oxidation sites excluding steroid dienone is 2. The van der Waals surface area contributed by atoms with Gasteiger partial charge in [0.05, 0.1) is 22.9 Å². The molecule has 3 nitrogen and oxygen atoms in total. The fraction of sp³-hybridized carbons (Fsp3) is 0.800. The second-order valence-corrected chi connectivity index (χ2v) is 8.39. The average molecular weight is 322 g/mol. The van der Waals surface area contributed by atoms with Crippen LogP contribution < -0.4 is 0 Å². The third kappa shape index (κ3) is 4.46. The summed E-state index contributed by atoms with van der Waals surface area (Å²) in [6, 6.07) is 0. The molecule has 3 heteroatoms. The van der Waals surface area contributed by atoms with E-state index in [0.717, 1.165) is 38.5 Å².